The molecule has 18 heavy (non-hydrogen) atoms. The van der Waals surface area contributed by atoms with Gasteiger partial charge in [0, 0.05) is 26.7 Å². The van der Waals surface area contributed by atoms with E-state index >= 15 is 0 Å². The van der Waals surface area contributed by atoms with Gasteiger partial charge in [0.05, 0.1) is 5.60 Å². The van der Waals surface area contributed by atoms with Gasteiger partial charge in [-0.1, -0.05) is 0 Å². The Bertz CT molecular complexity index is 256. The highest BCUT2D eigenvalue weighted by Gasteiger charge is 2.28. The minimum Gasteiger partial charge on any atom is -0.388 e. The molecule has 0 bridgehead atoms. The molecule has 0 aliphatic carbocycles. The number of hydrogen-bond acceptors (Lipinski definition) is 4. The van der Waals surface area contributed by atoms with E-state index < -0.39 is 30.9 Å². The van der Waals surface area contributed by atoms with Crippen LogP contribution in [0.1, 0.15) is 13.3 Å². The van der Waals surface area contributed by atoms with Crippen molar-refractivity contribution in [1.82, 2.24) is 5.32 Å². The molecule has 0 heterocycles. The average molecular weight is 273 g/mol. The van der Waals surface area contributed by atoms with Crippen LogP contribution in [0.2, 0.25) is 0 Å². The van der Waals surface area contributed by atoms with Gasteiger partial charge in [0.15, 0.2) is 0 Å². The molecule has 108 valence electrons. The summed E-state index contributed by atoms with van der Waals surface area (Å²) in [4.78, 5) is 11.1. The fraction of sp³-hybridized carbons (Fsp3) is 0.900. The van der Waals surface area contributed by atoms with E-state index in [1.807, 2.05) is 0 Å². The third-order valence-corrected chi connectivity index (χ3v) is 2.01. The minimum atomic E-state index is -4.45. The van der Waals surface area contributed by atoms with Crippen LogP contribution in [-0.4, -0.2) is 56.3 Å². The molecule has 1 unspecified atom stereocenters. The van der Waals surface area contributed by atoms with Gasteiger partial charge in [0.2, 0.25) is 5.91 Å². The molecule has 2 N–H and O–H groups in total. The van der Waals surface area contributed by atoms with E-state index in [4.69, 9.17) is 4.74 Å². The highest BCUT2D eigenvalue weighted by atomic mass is 19.4. The summed E-state index contributed by atoms with van der Waals surface area (Å²) in [7, 11) is 1.47. The Hall–Kier alpha value is -0.860. The fourth-order valence-electron chi connectivity index (χ4n) is 1.01. The molecule has 0 fully saturated rings. The molecule has 0 spiro atoms. The molecular weight excluding hydrogens is 255 g/mol. The topological polar surface area (TPSA) is 67.8 Å². The van der Waals surface area contributed by atoms with Crippen molar-refractivity contribution in [3.05, 3.63) is 0 Å². The maximum atomic E-state index is 11.7. The van der Waals surface area contributed by atoms with Gasteiger partial charge in [-0.15, -0.1) is 0 Å². The monoisotopic (exact) mass is 273 g/mol. The van der Waals surface area contributed by atoms with E-state index in [1.54, 1.807) is 0 Å². The molecule has 0 aromatic heterocycles. The second-order valence-electron chi connectivity index (χ2n) is 4.12. The molecular formula is C10H18F3NO4. The van der Waals surface area contributed by atoms with Crippen LogP contribution in [-0.2, 0) is 14.3 Å². The Kier molecular flexibility index (Phi) is 7.19. The third kappa shape index (κ3) is 10.3. The standard InChI is InChI=1S/C10H18F3NO4/c1-9(16,3-4-17-2)6-14-8(15)5-18-7-10(11,12)13/h16H,3-7H2,1-2H3,(H,14,15). The number of carbonyl (C=O) groups excluding carboxylic acids is 1. The maximum Gasteiger partial charge on any atom is 0.411 e. The quantitative estimate of drug-likeness (QED) is 0.674. The SMILES string of the molecule is COCCC(C)(O)CNC(=O)COCC(F)(F)F. The number of hydrogen-bond donors (Lipinski definition) is 2. The molecule has 0 aliphatic heterocycles. The maximum absolute atomic E-state index is 11.7. The number of ether oxygens (including phenoxy) is 2. The number of carbonyl (C=O) groups is 1. The Morgan fingerprint density at radius 2 is 2.00 bits per heavy atom. The second kappa shape index (κ2) is 7.55. The van der Waals surface area contributed by atoms with Gasteiger partial charge in [0.1, 0.15) is 13.2 Å². The Morgan fingerprint density at radius 1 is 1.39 bits per heavy atom. The first-order valence-electron chi connectivity index (χ1n) is 5.29. The van der Waals surface area contributed by atoms with Crippen molar-refractivity contribution >= 4 is 5.91 Å². The number of alkyl halides is 3. The summed E-state index contributed by atoms with van der Waals surface area (Å²) in [6, 6.07) is 0. The van der Waals surface area contributed by atoms with Crippen LogP contribution in [0, 0.1) is 0 Å². The number of methoxy groups -OCH3 is 1. The summed E-state index contributed by atoms with van der Waals surface area (Å²) in [5, 5.41) is 12.0. The van der Waals surface area contributed by atoms with Crippen LogP contribution < -0.4 is 5.32 Å². The average Bonchev–Trinajstić information content (AvgIpc) is 2.22. The van der Waals surface area contributed by atoms with Crippen LogP contribution in [0.4, 0.5) is 13.2 Å². The predicted octanol–water partition coefficient (Wildman–Crippen LogP) is 0.469. The molecule has 0 rings (SSSR count). The van der Waals surface area contributed by atoms with Gasteiger partial charge in [0.25, 0.3) is 0 Å². The highest BCUT2D eigenvalue weighted by molar-refractivity contribution is 5.77. The summed E-state index contributed by atoms with van der Waals surface area (Å²) >= 11 is 0. The third-order valence-electron chi connectivity index (χ3n) is 2.01. The van der Waals surface area contributed by atoms with Crippen LogP contribution in [0.5, 0.6) is 0 Å². The molecule has 0 aromatic carbocycles. The van der Waals surface area contributed by atoms with Crippen LogP contribution in [0.25, 0.3) is 0 Å². The Morgan fingerprint density at radius 3 is 2.50 bits per heavy atom. The van der Waals surface area contributed by atoms with Crippen molar-refractivity contribution in [2.75, 3.05) is 33.5 Å². The first kappa shape index (κ1) is 17.1. The minimum absolute atomic E-state index is 0.0788. The van der Waals surface area contributed by atoms with E-state index in [0.717, 1.165) is 0 Å². The van der Waals surface area contributed by atoms with Gasteiger partial charge in [-0.05, 0) is 6.92 Å². The number of amides is 1. The Labute approximate surface area is 103 Å². The van der Waals surface area contributed by atoms with Crippen LogP contribution in [0.3, 0.4) is 0 Å². The molecule has 8 heteroatoms. The van der Waals surface area contributed by atoms with Crippen LogP contribution in [0.15, 0.2) is 0 Å². The lowest BCUT2D eigenvalue weighted by molar-refractivity contribution is -0.175. The van der Waals surface area contributed by atoms with Crippen molar-refractivity contribution in [1.29, 1.82) is 0 Å². The molecule has 0 aromatic rings. The lowest BCUT2D eigenvalue weighted by Gasteiger charge is -2.23. The molecule has 0 saturated heterocycles. The summed E-state index contributed by atoms with van der Waals surface area (Å²) in [6.07, 6.45) is -4.16. The lowest BCUT2D eigenvalue weighted by Crippen LogP contribution is -2.42. The zero-order valence-electron chi connectivity index (χ0n) is 10.3. The predicted molar refractivity (Wildman–Crippen MR) is 57.0 cm³/mol. The van der Waals surface area contributed by atoms with Crippen molar-refractivity contribution in [2.24, 2.45) is 0 Å². The molecule has 0 radical (unpaired) electrons. The molecule has 0 saturated carbocycles. The summed E-state index contributed by atoms with van der Waals surface area (Å²) in [5.74, 6) is -0.711. The number of halogens is 3. The molecule has 0 aliphatic rings. The van der Waals surface area contributed by atoms with Gasteiger partial charge in [-0.3, -0.25) is 4.79 Å². The van der Waals surface area contributed by atoms with Crippen molar-refractivity contribution in [3.8, 4) is 0 Å². The van der Waals surface area contributed by atoms with E-state index in [2.05, 4.69) is 10.1 Å². The normalized spacial score (nSPS) is 15.2. The zero-order valence-corrected chi connectivity index (χ0v) is 10.3. The molecule has 5 nitrogen and oxygen atoms in total. The number of nitrogens with one attached hydrogen (secondary N) is 1. The van der Waals surface area contributed by atoms with Crippen molar-refractivity contribution < 1.29 is 32.5 Å². The van der Waals surface area contributed by atoms with E-state index in [0.29, 0.717) is 13.0 Å². The molecule has 1 atom stereocenters. The van der Waals surface area contributed by atoms with Gasteiger partial charge >= 0.3 is 6.18 Å². The van der Waals surface area contributed by atoms with Crippen molar-refractivity contribution in [2.45, 2.75) is 25.1 Å². The fourth-order valence-corrected chi connectivity index (χ4v) is 1.01. The first-order chi connectivity index (χ1) is 8.16. The van der Waals surface area contributed by atoms with E-state index in [-0.39, 0.29) is 6.54 Å². The largest absolute Gasteiger partial charge is 0.411 e. The second-order valence-corrected chi connectivity index (χ2v) is 4.12. The Balaban J connectivity index is 3.76. The van der Waals surface area contributed by atoms with Crippen LogP contribution >= 0.6 is 0 Å². The number of rotatable bonds is 8. The molecule has 1 amide bonds. The van der Waals surface area contributed by atoms with Crippen molar-refractivity contribution in [3.63, 3.8) is 0 Å². The first-order valence-corrected chi connectivity index (χ1v) is 5.29. The van der Waals surface area contributed by atoms with Gasteiger partial charge in [-0.25, -0.2) is 0 Å². The zero-order chi connectivity index (χ0) is 14.2. The summed E-state index contributed by atoms with van der Waals surface area (Å²) in [5.41, 5.74) is -1.17. The smallest absolute Gasteiger partial charge is 0.388 e. The van der Waals surface area contributed by atoms with Gasteiger partial charge in [-0.2, -0.15) is 13.2 Å². The van der Waals surface area contributed by atoms with E-state index in [9.17, 15) is 23.1 Å². The summed E-state index contributed by atoms with van der Waals surface area (Å²) in [6.45, 7) is -0.443. The number of aliphatic hydroxyl groups is 1. The van der Waals surface area contributed by atoms with E-state index in [1.165, 1.54) is 14.0 Å². The lowest BCUT2D eigenvalue weighted by atomic mass is 10.0. The van der Waals surface area contributed by atoms with Gasteiger partial charge < -0.3 is 19.9 Å². The summed E-state index contributed by atoms with van der Waals surface area (Å²) < 4.78 is 44.1. The highest BCUT2D eigenvalue weighted by Crippen LogP contribution is 2.14.